The molecular formula is C13H15NO2. The molecule has 84 valence electrons. The predicted octanol–water partition coefficient (Wildman–Crippen LogP) is 2.74. The van der Waals surface area contributed by atoms with Crippen LogP contribution in [0.1, 0.15) is 19.3 Å². The van der Waals surface area contributed by atoms with Gasteiger partial charge in [-0.25, -0.2) is 0 Å². The van der Waals surface area contributed by atoms with Crippen molar-refractivity contribution in [1.82, 2.24) is 0 Å². The second-order valence-electron chi connectivity index (χ2n) is 3.82. The Kier molecular flexibility index (Phi) is 3.25. The molecule has 0 amide bonds. The van der Waals surface area contributed by atoms with E-state index in [2.05, 4.69) is 5.32 Å². The Morgan fingerprint density at radius 2 is 2.00 bits per heavy atom. The highest BCUT2D eigenvalue weighted by molar-refractivity contribution is 5.97. The quantitative estimate of drug-likeness (QED) is 0.791. The van der Waals surface area contributed by atoms with E-state index in [0.29, 0.717) is 6.42 Å². The molecule has 0 unspecified atom stereocenters. The Morgan fingerprint density at radius 3 is 2.56 bits per heavy atom. The number of carbonyl (C=O) groups is 1. The summed E-state index contributed by atoms with van der Waals surface area (Å²) in [6, 6.07) is 7.62. The maximum absolute atomic E-state index is 11.4. The lowest BCUT2D eigenvalue weighted by atomic mass is 10.2. The van der Waals surface area contributed by atoms with E-state index in [1.165, 1.54) is 0 Å². The second kappa shape index (κ2) is 4.84. The molecular weight excluding hydrogens is 202 g/mol. The van der Waals surface area contributed by atoms with Crippen molar-refractivity contribution in [1.29, 1.82) is 0 Å². The van der Waals surface area contributed by atoms with Crippen LogP contribution in [0.4, 0.5) is 5.69 Å². The molecule has 1 N–H and O–H groups in total. The van der Waals surface area contributed by atoms with Gasteiger partial charge in [-0.15, -0.1) is 0 Å². The number of carbonyl (C=O) groups excluding carboxylic acids is 1. The summed E-state index contributed by atoms with van der Waals surface area (Å²) >= 11 is 0. The molecule has 3 heteroatoms. The highest BCUT2D eigenvalue weighted by atomic mass is 16.5. The summed E-state index contributed by atoms with van der Waals surface area (Å²) in [4.78, 5) is 11.4. The predicted molar refractivity (Wildman–Crippen MR) is 63.6 cm³/mol. The normalized spacial score (nSPS) is 17.8. The van der Waals surface area contributed by atoms with Gasteiger partial charge in [0.1, 0.15) is 5.75 Å². The number of allylic oxidation sites excluding steroid dienone is 1. The first-order chi connectivity index (χ1) is 7.79. The van der Waals surface area contributed by atoms with Gasteiger partial charge in [0.25, 0.3) is 0 Å². The summed E-state index contributed by atoms with van der Waals surface area (Å²) in [5.74, 6) is 1.09. The third-order valence-corrected chi connectivity index (χ3v) is 2.71. The van der Waals surface area contributed by atoms with Crippen molar-refractivity contribution < 1.29 is 9.53 Å². The first kappa shape index (κ1) is 10.7. The van der Waals surface area contributed by atoms with Crippen LogP contribution in [-0.2, 0) is 4.79 Å². The van der Waals surface area contributed by atoms with Gasteiger partial charge in [0.15, 0.2) is 5.78 Å². The number of methoxy groups -OCH3 is 1. The smallest absolute Gasteiger partial charge is 0.160 e. The maximum Gasteiger partial charge on any atom is 0.160 e. The van der Waals surface area contributed by atoms with Crippen LogP contribution in [0.2, 0.25) is 0 Å². The average molecular weight is 217 g/mol. The van der Waals surface area contributed by atoms with Crippen molar-refractivity contribution in [3.8, 4) is 5.75 Å². The van der Waals surface area contributed by atoms with Crippen LogP contribution in [0.25, 0.3) is 0 Å². The van der Waals surface area contributed by atoms with E-state index in [1.807, 2.05) is 30.5 Å². The molecule has 0 aliphatic heterocycles. The molecule has 1 fully saturated rings. The number of ketones is 1. The molecule has 2 rings (SSSR count). The number of nitrogens with one attached hydrogen (secondary N) is 1. The van der Waals surface area contributed by atoms with Gasteiger partial charge in [0.2, 0.25) is 0 Å². The summed E-state index contributed by atoms with van der Waals surface area (Å²) in [7, 11) is 1.64. The minimum atomic E-state index is 0.265. The molecule has 0 saturated heterocycles. The standard InChI is InChI=1S/C13H15NO2/c1-16-12-7-5-11(6-8-12)14-9-10-3-2-4-13(10)15/h5-9,14H,2-4H2,1H3/b10-9+. The molecule has 1 aliphatic carbocycles. The summed E-state index contributed by atoms with van der Waals surface area (Å²) in [6.45, 7) is 0. The van der Waals surface area contributed by atoms with Gasteiger partial charge in [0, 0.05) is 23.9 Å². The fourth-order valence-electron chi connectivity index (χ4n) is 1.75. The molecule has 1 aliphatic rings. The highest BCUT2D eigenvalue weighted by Gasteiger charge is 2.16. The number of Topliss-reactive ketones (excluding diaryl/α,β-unsaturated/α-hetero) is 1. The van der Waals surface area contributed by atoms with Crippen molar-refractivity contribution in [2.45, 2.75) is 19.3 Å². The molecule has 1 saturated carbocycles. The van der Waals surface area contributed by atoms with Crippen LogP contribution in [0.3, 0.4) is 0 Å². The second-order valence-corrected chi connectivity index (χ2v) is 3.82. The van der Waals surface area contributed by atoms with E-state index in [1.54, 1.807) is 7.11 Å². The zero-order valence-corrected chi connectivity index (χ0v) is 9.32. The first-order valence-electron chi connectivity index (χ1n) is 5.42. The molecule has 1 aromatic carbocycles. The van der Waals surface area contributed by atoms with Crippen molar-refractivity contribution in [2.24, 2.45) is 0 Å². The molecule has 1 aromatic rings. The lowest BCUT2D eigenvalue weighted by Gasteiger charge is -2.03. The van der Waals surface area contributed by atoms with Crippen molar-refractivity contribution in [3.63, 3.8) is 0 Å². The lowest BCUT2D eigenvalue weighted by molar-refractivity contribution is -0.114. The molecule has 3 nitrogen and oxygen atoms in total. The first-order valence-corrected chi connectivity index (χ1v) is 5.42. The largest absolute Gasteiger partial charge is 0.497 e. The minimum absolute atomic E-state index is 0.265. The Morgan fingerprint density at radius 1 is 1.25 bits per heavy atom. The molecule has 16 heavy (non-hydrogen) atoms. The number of rotatable bonds is 3. The lowest BCUT2D eigenvalue weighted by Crippen LogP contribution is -1.96. The Labute approximate surface area is 95.1 Å². The van der Waals surface area contributed by atoms with Crippen LogP contribution in [0.5, 0.6) is 5.75 Å². The third-order valence-electron chi connectivity index (χ3n) is 2.71. The van der Waals surface area contributed by atoms with Gasteiger partial charge in [-0.05, 0) is 37.1 Å². The summed E-state index contributed by atoms with van der Waals surface area (Å²) < 4.78 is 5.07. The molecule has 0 heterocycles. The summed E-state index contributed by atoms with van der Waals surface area (Å²) in [5.41, 5.74) is 1.86. The summed E-state index contributed by atoms with van der Waals surface area (Å²) in [6.07, 6.45) is 4.38. The van der Waals surface area contributed by atoms with Crippen molar-refractivity contribution in [3.05, 3.63) is 36.0 Å². The van der Waals surface area contributed by atoms with E-state index in [4.69, 9.17) is 4.74 Å². The van der Waals surface area contributed by atoms with Crippen LogP contribution in [0.15, 0.2) is 36.0 Å². The van der Waals surface area contributed by atoms with Gasteiger partial charge in [-0.3, -0.25) is 4.79 Å². The zero-order chi connectivity index (χ0) is 11.4. The number of anilines is 1. The van der Waals surface area contributed by atoms with E-state index in [-0.39, 0.29) is 5.78 Å². The van der Waals surface area contributed by atoms with Crippen LogP contribution >= 0.6 is 0 Å². The zero-order valence-electron chi connectivity index (χ0n) is 9.32. The Bertz CT molecular complexity index is 406. The fraction of sp³-hybridized carbons (Fsp3) is 0.308. The van der Waals surface area contributed by atoms with Gasteiger partial charge in [-0.2, -0.15) is 0 Å². The Balaban J connectivity index is 2.01. The molecule has 0 bridgehead atoms. The minimum Gasteiger partial charge on any atom is -0.497 e. The monoisotopic (exact) mass is 217 g/mol. The fourth-order valence-corrected chi connectivity index (χ4v) is 1.75. The summed E-state index contributed by atoms with van der Waals surface area (Å²) in [5, 5.41) is 3.13. The van der Waals surface area contributed by atoms with E-state index in [0.717, 1.165) is 29.9 Å². The molecule has 0 radical (unpaired) electrons. The number of ether oxygens (including phenoxy) is 1. The molecule has 0 spiro atoms. The van der Waals surface area contributed by atoms with Crippen LogP contribution in [-0.4, -0.2) is 12.9 Å². The van der Waals surface area contributed by atoms with Gasteiger partial charge >= 0.3 is 0 Å². The van der Waals surface area contributed by atoms with Crippen molar-refractivity contribution >= 4 is 11.5 Å². The third kappa shape index (κ3) is 2.42. The van der Waals surface area contributed by atoms with E-state index < -0.39 is 0 Å². The number of hydrogen-bond donors (Lipinski definition) is 1. The highest BCUT2D eigenvalue weighted by Crippen LogP contribution is 2.21. The van der Waals surface area contributed by atoms with Crippen LogP contribution in [0, 0.1) is 0 Å². The van der Waals surface area contributed by atoms with Gasteiger partial charge < -0.3 is 10.1 Å². The number of hydrogen-bond acceptors (Lipinski definition) is 3. The SMILES string of the molecule is COc1ccc(N/C=C2\CCCC2=O)cc1. The number of benzene rings is 1. The topological polar surface area (TPSA) is 38.3 Å². The average Bonchev–Trinajstić information content (AvgIpc) is 2.73. The van der Waals surface area contributed by atoms with Gasteiger partial charge in [0.05, 0.1) is 7.11 Å². The Hall–Kier alpha value is -1.77. The van der Waals surface area contributed by atoms with Crippen LogP contribution < -0.4 is 10.1 Å². The molecule has 0 atom stereocenters. The maximum atomic E-state index is 11.4. The van der Waals surface area contributed by atoms with Gasteiger partial charge in [-0.1, -0.05) is 0 Å². The van der Waals surface area contributed by atoms with Crippen molar-refractivity contribution in [2.75, 3.05) is 12.4 Å². The molecule has 0 aromatic heterocycles. The van der Waals surface area contributed by atoms with E-state index >= 15 is 0 Å². The van der Waals surface area contributed by atoms with E-state index in [9.17, 15) is 4.79 Å².